The summed E-state index contributed by atoms with van der Waals surface area (Å²) in [4.78, 5) is 31.9. The number of nitriles is 1. The molecular weight excluding hydrogens is 470 g/mol. The van der Waals surface area contributed by atoms with Crippen LogP contribution in [-0.4, -0.2) is 21.4 Å². The van der Waals surface area contributed by atoms with Crippen LogP contribution < -0.4 is 10.6 Å². The van der Waals surface area contributed by atoms with Crippen LogP contribution in [0.4, 0.5) is 5.00 Å². The van der Waals surface area contributed by atoms with Gasteiger partial charge in [-0.05, 0) is 61.9 Å². The first kappa shape index (κ1) is 23.8. The Morgan fingerprint density at radius 3 is 2.72 bits per heavy atom. The van der Waals surface area contributed by atoms with Crippen LogP contribution in [0.15, 0.2) is 54.6 Å². The zero-order valence-corrected chi connectivity index (χ0v) is 21.1. The summed E-state index contributed by atoms with van der Waals surface area (Å²) in [6.07, 6.45) is 2.88. The van der Waals surface area contributed by atoms with Crippen molar-refractivity contribution in [2.45, 2.75) is 45.7 Å². The molecule has 2 heterocycles. The number of benzene rings is 2. The Labute approximate surface area is 213 Å². The summed E-state index contributed by atoms with van der Waals surface area (Å²) >= 11 is 1.52. The molecule has 182 valence electrons. The predicted octanol–water partition coefficient (Wildman–Crippen LogP) is 5.22. The number of hydrogen-bond acceptors (Lipinski definition) is 5. The third kappa shape index (κ3) is 4.62. The summed E-state index contributed by atoms with van der Waals surface area (Å²) in [5.74, 6) is 0.737. The van der Waals surface area contributed by atoms with Crippen molar-refractivity contribution in [1.29, 1.82) is 5.26 Å². The second-order valence-corrected chi connectivity index (χ2v) is 10.4. The van der Waals surface area contributed by atoms with Gasteiger partial charge in [-0.15, -0.1) is 11.3 Å². The van der Waals surface area contributed by atoms with E-state index in [2.05, 4.69) is 23.6 Å². The summed E-state index contributed by atoms with van der Waals surface area (Å²) < 4.78 is 1.84. The van der Waals surface area contributed by atoms with E-state index < -0.39 is 6.04 Å². The van der Waals surface area contributed by atoms with Crippen LogP contribution in [0.1, 0.15) is 58.5 Å². The average Bonchev–Trinajstić information content (AvgIpc) is 3.41. The SMILES string of the molecule is C[C@@H]1CCc2c(sc(NC(=O)Cn3c([C@@H](C)NC(=O)c4ccccc4)nc4ccccc43)c2C#N)C1. The van der Waals surface area contributed by atoms with E-state index in [1.54, 1.807) is 12.1 Å². The fraction of sp³-hybridized carbons (Fsp3) is 0.286. The van der Waals surface area contributed by atoms with Crippen molar-refractivity contribution in [3.63, 3.8) is 0 Å². The number of fused-ring (bicyclic) bond motifs is 2. The molecule has 2 N–H and O–H groups in total. The molecule has 2 aromatic carbocycles. The molecule has 2 atom stereocenters. The number of hydrogen-bond donors (Lipinski definition) is 2. The minimum absolute atomic E-state index is 0.0191. The van der Waals surface area contributed by atoms with E-state index in [1.807, 2.05) is 54.0 Å². The molecule has 0 fully saturated rings. The number of aromatic nitrogens is 2. The van der Waals surface area contributed by atoms with Crippen LogP contribution in [0.5, 0.6) is 0 Å². The molecule has 0 spiro atoms. The number of carbonyl (C=O) groups excluding carboxylic acids is 2. The van der Waals surface area contributed by atoms with E-state index in [0.717, 1.165) is 35.9 Å². The Hall–Kier alpha value is -3.96. The lowest BCUT2D eigenvalue weighted by molar-refractivity contribution is -0.116. The Kier molecular flexibility index (Phi) is 6.57. The smallest absolute Gasteiger partial charge is 0.251 e. The number of para-hydroxylation sites is 2. The van der Waals surface area contributed by atoms with Crippen molar-refractivity contribution in [2.24, 2.45) is 5.92 Å². The third-order valence-corrected chi connectivity index (χ3v) is 7.80. The van der Waals surface area contributed by atoms with Gasteiger partial charge in [0.25, 0.3) is 5.91 Å². The highest BCUT2D eigenvalue weighted by Gasteiger charge is 2.26. The van der Waals surface area contributed by atoms with Crippen LogP contribution in [-0.2, 0) is 24.2 Å². The maximum absolute atomic E-state index is 13.2. The molecule has 2 aromatic heterocycles. The maximum atomic E-state index is 13.2. The van der Waals surface area contributed by atoms with E-state index >= 15 is 0 Å². The van der Waals surface area contributed by atoms with Gasteiger partial charge in [0.05, 0.1) is 22.6 Å². The molecule has 0 aliphatic heterocycles. The summed E-state index contributed by atoms with van der Waals surface area (Å²) in [5.41, 5.74) is 3.80. The molecule has 0 saturated carbocycles. The molecule has 2 amide bonds. The van der Waals surface area contributed by atoms with Gasteiger partial charge in [-0.2, -0.15) is 5.26 Å². The van der Waals surface area contributed by atoms with Gasteiger partial charge in [0, 0.05) is 10.4 Å². The average molecular weight is 498 g/mol. The second kappa shape index (κ2) is 9.96. The number of rotatable bonds is 6. The first-order valence-electron chi connectivity index (χ1n) is 12.1. The summed E-state index contributed by atoms with van der Waals surface area (Å²) in [6, 6.07) is 18.5. The molecule has 7 nitrogen and oxygen atoms in total. The molecule has 0 radical (unpaired) electrons. The number of amides is 2. The van der Waals surface area contributed by atoms with Crippen LogP contribution >= 0.6 is 11.3 Å². The van der Waals surface area contributed by atoms with Crippen molar-refractivity contribution >= 4 is 39.2 Å². The topological polar surface area (TPSA) is 99.8 Å². The number of nitrogens with one attached hydrogen (secondary N) is 2. The van der Waals surface area contributed by atoms with Crippen molar-refractivity contribution < 1.29 is 9.59 Å². The Morgan fingerprint density at radius 1 is 1.19 bits per heavy atom. The largest absolute Gasteiger partial charge is 0.342 e. The molecule has 1 aliphatic rings. The molecule has 8 heteroatoms. The fourth-order valence-electron chi connectivity index (χ4n) is 4.79. The molecule has 0 unspecified atom stereocenters. The van der Waals surface area contributed by atoms with Crippen molar-refractivity contribution in [3.05, 3.63) is 82.0 Å². The third-order valence-electron chi connectivity index (χ3n) is 6.63. The monoisotopic (exact) mass is 497 g/mol. The number of imidazole rings is 1. The van der Waals surface area contributed by atoms with Crippen LogP contribution in [0.3, 0.4) is 0 Å². The first-order valence-corrected chi connectivity index (χ1v) is 12.9. The molecule has 5 rings (SSSR count). The Morgan fingerprint density at radius 2 is 1.94 bits per heavy atom. The van der Waals surface area contributed by atoms with E-state index in [4.69, 9.17) is 4.98 Å². The van der Waals surface area contributed by atoms with Crippen LogP contribution in [0.2, 0.25) is 0 Å². The zero-order valence-electron chi connectivity index (χ0n) is 20.2. The lowest BCUT2D eigenvalue weighted by Crippen LogP contribution is -2.30. The van der Waals surface area contributed by atoms with Gasteiger partial charge in [0.1, 0.15) is 23.4 Å². The summed E-state index contributed by atoms with van der Waals surface area (Å²) in [6.45, 7) is 4.10. The maximum Gasteiger partial charge on any atom is 0.251 e. The summed E-state index contributed by atoms with van der Waals surface area (Å²) in [7, 11) is 0. The van der Waals surface area contributed by atoms with Gasteiger partial charge in [-0.25, -0.2) is 4.98 Å². The normalized spacial score (nSPS) is 15.6. The van der Waals surface area contributed by atoms with E-state index in [9.17, 15) is 14.9 Å². The highest BCUT2D eigenvalue weighted by molar-refractivity contribution is 7.16. The minimum atomic E-state index is -0.428. The lowest BCUT2D eigenvalue weighted by atomic mass is 9.89. The Bertz CT molecular complexity index is 1480. The van der Waals surface area contributed by atoms with E-state index in [1.165, 1.54) is 16.2 Å². The number of thiophene rings is 1. The molecule has 0 saturated heterocycles. The molecule has 4 aromatic rings. The highest BCUT2D eigenvalue weighted by atomic mass is 32.1. The highest BCUT2D eigenvalue weighted by Crippen LogP contribution is 2.39. The molecule has 1 aliphatic carbocycles. The number of carbonyl (C=O) groups is 2. The van der Waals surface area contributed by atoms with Crippen molar-refractivity contribution in [1.82, 2.24) is 14.9 Å². The zero-order chi connectivity index (χ0) is 25.2. The predicted molar refractivity (Wildman–Crippen MR) is 141 cm³/mol. The van der Waals surface area contributed by atoms with E-state index in [-0.39, 0.29) is 18.4 Å². The molecule has 36 heavy (non-hydrogen) atoms. The fourth-order valence-corrected chi connectivity index (χ4v) is 6.17. The van der Waals surface area contributed by atoms with Crippen molar-refractivity contribution in [2.75, 3.05) is 5.32 Å². The van der Waals surface area contributed by atoms with Crippen LogP contribution in [0.25, 0.3) is 11.0 Å². The number of anilines is 1. The van der Waals surface area contributed by atoms with Gasteiger partial charge < -0.3 is 15.2 Å². The molecular formula is C28H27N5O2S. The van der Waals surface area contributed by atoms with Gasteiger partial charge >= 0.3 is 0 Å². The minimum Gasteiger partial charge on any atom is -0.342 e. The van der Waals surface area contributed by atoms with Gasteiger partial charge in [0.2, 0.25) is 5.91 Å². The van der Waals surface area contributed by atoms with Crippen molar-refractivity contribution in [3.8, 4) is 6.07 Å². The number of nitrogens with zero attached hydrogens (tertiary/aromatic N) is 3. The standard InChI is InChI=1S/C28H27N5O2S/c1-17-12-13-20-21(15-29)28(36-24(20)14-17)32-25(34)16-33-23-11-7-6-10-22(23)31-26(33)18(2)30-27(35)19-8-4-3-5-9-19/h3-11,17-18H,12-14,16H2,1-2H3,(H,30,35)(H,32,34)/t17-,18-/m1/s1. The second-order valence-electron chi connectivity index (χ2n) is 9.32. The van der Waals surface area contributed by atoms with Crippen LogP contribution in [0, 0.1) is 17.2 Å². The van der Waals surface area contributed by atoms with E-state index in [0.29, 0.717) is 27.9 Å². The first-order chi connectivity index (χ1) is 17.4. The lowest BCUT2D eigenvalue weighted by Gasteiger charge is -2.17. The summed E-state index contributed by atoms with van der Waals surface area (Å²) in [5, 5.41) is 16.4. The quantitative estimate of drug-likeness (QED) is 0.381. The molecule has 0 bridgehead atoms. The Balaban J connectivity index is 1.40. The van der Waals surface area contributed by atoms with Gasteiger partial charge in [0.15, 0.2) is 0 Å². The van der Waals surface area contributed by atoms with Gasteiger partial charge in [-0.3, -0.25) is 9.59 Å². The van der Waals surface area contributed by atoms with Gasteiger partial charge in [-0.1, -0.05) is 37.3 Å².